The Morgan fingerprint density at radius 1 is 1.83 bits per heavy atom. The van der Waals surface area contributed by atoms with Crippen molar-refractivity contribution < 1.29 is 9.18 Å². The third-order valence-electron chi connectivity index (χ3n) is 0.298. The van der Waals surface area contributed by atoms with E-state index in [9.17, 15) is 9.18 Å². The van der Waals surface area contributed by atoms with E-state index in [1.54, 1.807) is 6.92 Å². The second kappa shape index (κ2) is 2.57. The van der Waals surface area contributed by atoms with Crippen molar-refractivity contribution in [2.45, 2.75) is 6.92 Å². The van der Waals surface area contributed by atoms with Crippen LogP contribution in [0.5, 0.6) is 0 Å². The maximum Gasteiger partial charge on any atom is 0.324 e. The quantitative estimate of drug-likeness (QED) is 0.346. The lowest BCUT2D eigenvalue weighted by atomic mass is 10.6. The Balaban J connectivity index is 3.30. The van der Waals surface area contributed by atoms with Crippen molar-refractivity contribution in [2.24, 2.45) is 0 Å². The van der Waals surface area contributed by atoms with Gasteiger partial charge in [0.2, 0.25) is 0 Å². The van der Waals surface area contributed by atoms with Gasteiger partial charge in [-0.05, 0) is 6.92 Å². The molecule has 0 atom stereocenters. The van der Waals surface area contributed by atoms with Crippen molar-refractivity contribution in [3.8, 4) is 0 Å². The molecule has 6 heavy (non-hydrogen) atoms. The lowest BCUT2D eigenvalue weighted by Gasteiger charge is -1.63. The van der Waals surface area contributed by atoms with Gasteiger partial charge in [0.15, 0.2) is 0 Å². The molecular weight excluding hydrogens is 83.0 g/mol. The molecule has 0 aliphatic carbocycles. The van der Waals surface area contributed by atoms with Gasteiger partial charge in [-0.3, -0.25) is 4.79 Å². The molecule has 1 nitrogen and oxygen atoms in total. The highest BCUT2D eigenvalue weighted by Crippen LogP contribution is 1.73. The Morgan fingerprint density at radius 3 is 2.33 bits per heavy atom. The zero-order valence-corrected chi connectivity index (χ0v) is 3.44. The highest BCUT2D eigenvalue weighted by molar-refractivity contribution is 5.80. The summed E-state index contributed by atoms with van der Waals surface area (Å²) in [5.74, 6) is 0. The predicted octanol–water partition coefficient (Wildman–Crippen LogP) is 1.06. The minimum absolute atomic E-state index is 0.861. The van der Waals surface area contributed by atoms with Crippen molar-refractivity contribution in [2.75, 3.05) is 0 Å². The summed E-state index contributed by atoms with van der Waals surface area (Å²) >= 11 is 0. The van der Waals surface area contributed by atoms with E-state index in [0.29, 0.717) is 0 Å². The Morgan fingerprint density at radius 2 is 2.33 bits per heavy atom. The van der Waals surface area contributed by atoms with Crippen LogP contribution in [-0.2, 0) is 4.79 Å². The molecule has 0 heterocycles. The zero-order chi connectivity index (χ0) is 4.99. The second-order valence-corrected chi connectivity index (χ2v) is 0.804. The largest absolute Gasteiger partial charge is 0.324 e. The molecule has 0 aromatic carbocycles. The highest BCUT2D eigenvalue weighted by Gasteiger charge is 1.79. The van der Waals surface area contributed by atoms with Crippen molar-refractivity contribution in [3.63, 3.8) is 0 Å². The van der Waals surface area contributed by atoms with Gasteiger partial charge in [-0.1, -0.05) is 6.08 Å². The monoisotopic (exact) mass is 88.0 g/mol. The molecule has 0 unspecified atom stereocenters. The fourth-order valence-electron chi connectivity index (χ4n) is 0.131. The fourth-order valence-corrected chi connectivity index (χ4v) is 0.131. The normalized spacial score (nSPS) is 9.67. The molecule has 0 aliphatic rings. The molecule has 0 spiro atoms. The first-order chi connectivity index (χ1) is 2.77. The summed E-state index contributed by atoms with van der Waals surface area (Å²) in [6.07, 6.45) is 2.21. The first kappa shape index (κ1) is 5.34. The smallest absolute Gasteiger partial charge is 0.256 e. The van der Waals surface area contributed by atoms with Crippen molar-refractivity contribution in [1.29, 1.82) is 0 Å². The van der Waals surface area contributed by atoms with Gasteiger partial charge in [-0.25, -0.2) is 0 Å². The molecule has 0 N–H and O–H groups in total. The van der Waals surface area contributed by atoms with Gasteiger partial charge in [0.25, 0.3) is 0 Å². The summed E-state index contributed by atoms with van der Waals surface area (Å²) in [4.78, 5) is 9.29. The first-order valence-corrected chi connectivity index (χ1v) is 1.59. The van der Waals surface area contributed by atoms with Crippen LogP contribution in [0.15, 0.2) is 12.2 Å². The molecule has 0 radical (unpaired) electrons. The molecule has 2 heteroatoms. The minimum atomic E-state index is -1.39. The number of carbonyl (C=O) groups excluding carboxylic acids is 1. The average Bonchev–Trinajstić information content (AvgIpc) is 1.35. The molecule has 0 saturated carbocycles. The summed E-state index contributed by atoms with van der Waals surface area (Å²) in [7, 11) is 0. The van der Waals surface area contributed by atoms with Crippen LogP contribution in [0.1, 0.15) is 6.92 Å². The van der Waals surface area contributed by atoms with E-state index in [1.807, 2.05) is 0 Å². The second-order valence-electron chi connectivity index (χ2n) is 0.804. The van der Waals surface area contributed by atoms with Gasteiger partial charge < -0.3 is 0 Å². The van der Waals surface area contributed by atoms with Crippen molar-refractivity contribution >= 4 is 6.04 Å². The number of allylic oxidation sites excluding steroid dienone is 2. The molecule has 0 amide bonds. The van der Waals surface area contributed by atoms with Gasteiger partial charge >= 0.3 is 6.04 Å². The van der Waals surface area contributed by atoms with Crippen LogP contribution >= 0.6 is 0 Å². The predicted molar refractivity (Wildman–Crippen MR) is 20.9 cm³/mol. The summed E-state index contributed by atoms with van der Waals surface area (Å²) < 4.78 is 11.0. The fraction of sp³-hybridized carbons (Fsp3) is 0.250. The molecular formula is C4H5FO. The Labute approximate surface area is 35.5 Å². The molecule has 0 bridgehead atoms. The van der Waals surface area contributed by atoms with Crippen LogP contribution in [0.3, 0.4) is 0 Å². The third-order valence-corrected chi connectivity index (χ3v) is 0.298. The Bertz CT molecular complexity index is 75.6. The highest BCUT2D eigenvalue weighted by atomic mass is 19.1. The summed E-state index contributed by atoms with van der Waals surface area (Å²) in [6, 6.07) is -1.39. The SMILES string of the molecule is C/C=C/C(=O)F. The van der Waals surface area contributed by atoms with Crippen LogP contribution in [0.4, 0.5) is 4.39 Å². The minimum Gasteiger partial charge on any atom is -0.256 e. The van der Waals surface area contributed by atoms with Gasteiger partial charge in [-0.15, -0.1) is 0 Å². The lowest BCUT2D eigenvalue weighted by Crippen LogP contribution is -1.72. The van der Waals surface area contributed by atoms with Crippen LogP contribution in [0, 0.1) is 0 Å². The summed E-state index contributed by atoms with van der Waals surface area (Å²) in [5.41, 5.74) is 0. The maximum absolute atomic E-state index is 11.0. The molecule has 0 aliphatic heterocycles. The molecule has 0 saturated heterocycles. The topological polar surface area (TPSA) is 17.1 Å². The van der Waals surface area contributed by atoms with Gasteiger partial charge in [0.1, 0.15) is 0 Å². The third kappa shape index (κ3) is 3.34. The van der Waals surface area contributed by atoms with Crippen molar-refractivity contribution in [3.05, 3.63) is 12.2 Å². The van der Waals surface area contributed by atoms with E-state index in [4.69, 9.17) is 0 Å². The van der Waals surface area contributed by atoms with Gasteiger partial charge in [-0.2, -0.15) is 4.39 Å². The van der Waals surface area contributed by atoms with Gasteiger partial charge in [0, 0.05) is 6.08 Å². The Kier molecular flexibility index (Phi) is 2.29. The van der Waals surface area contributed by atoms with Crippen LogP contribution in [-0.4, -0.2) is 6.04 Å². The van der Waals surface area contributed by atoms with E-state index < -0.39 is 6.04 Å². The first-order valence-electron chi connectivity index (χ1n) is 1.59. The summed E-state index contributed by atoms with van der Waals surface area (Å²) in [5, 5.41) is 0. The standard InChI is InChI=1S/C4H5FO/c1-2-3-4(5)6/h2-3H,1H3/b3-2+. The van der Waals surface area contributed by atoms with E-state index in [2.05, 4.69) is 0 Å². The molecule has 0 fully saturated rings. The van der Waals surface area contributed by atoms with Gasteiger partial charge in [0.05, 0.1) is 0 Å². The van der Waals surface area contributed by atoms with E-state index in [1.165, 1.54) is 6.08 Å². The number of halogens is 1. The molecule has 0 aromatic rings. The average molecular weight is 88.1 g/mol. The number of hydrogen-bond acceptors (Lipinski definition) is 1. The number of rotatable bonds is 1. The van der Waals surface area contributed by atoms with Crippen molar-refractivity contribution in [1.82, 2.24) is 0 Å². The molecule has 0 rings (SSSR count). The maximum atomic E-state index is 11.0. The summed E-state index contributed by atoms with van der Waals surface area (Å²) in [6.45, 7) is 1.58. The Hall–Kier alpha value is -0.660. The number of hydrogen-bond donors (Lipinski definition) is 0. The molecule has 34 valence electrons. The molecule has 0 aromatic heterocycles. The van der Waals surface area contributed by atoms with Crippen LogP contribution < -0.4 is 0 Å². The zero-order valence-electron chi connectivity index (χ0n) is 3.44. The van der Waals surface area contributed by atoms with E-state index in [-0.39, 0.29) is 0 Å². The van der Waals surface area contributed by atoms with Crippen LogP contribution in [0.2, 0.25) is 0 Å². The lowest BCUT2D eigenvalue weighted by molar-refractivity contribution is -0.124. The van der Waals surface area contributed by atoms with E-state index in [0.717, 1.165) is 6.08 Å². The van der Waals surface area contributed by atoms with E-state index >= 15 is 0 Å². The number of carbonyl (C=O) groups is 1. The van der Waals surface area contributed by atoms with Crippen LogP contribution in [0.25, 0.3) is 0 Å².